The summed E-state index contributed by atoms with van der Waals surface area (Å²) in [7, 11) is 0. The molecule has 0 aliphatic carbocycles. The van der Waals surface area contributed by atoms with Crippen molar-refractivity contribution in [2.75, 3.05) is 6.61 Å². The summed E-state index contributed by atoms with van der Waals surface area (Å²) in [5, 5.41) is 12.5. The van der Waals surface area contributed by atoms with Gasteiger partial charge in [-0.15, -0.1) is 0 Å². The predicted molar refractivity (Wildman–Crippen MR) is 114 cm³/mol. The van der Waals surface area contributed by atoms with E-state index in [0.29, 0.717) is 29.0 Å². The van der Waals surface area contributed by atoms with Gasteiger partial charge in [0.2, 0.25) is 0 Å². The minimum absolute atomic E-state index is 0.112. The number of carbonyl (C=O) groups is 1. The van der Waals surface area contributed by atoms with Gasteiger partial charge in [0.05, 0.1) is 23.6 Å². The number of aromatic carboxylic acids is 1. The molecular formula is C25H20NO4-. The van der Waals surface area contributed by atoms with Gasteiger partial charge in [-0.25, -0.2) is 4.99 Å². The topological polar surface area (TPSA) is 74.9 Å². The van der Waals surface area contributed by atoms with Crippen LogP contribution < -0.4 is 15.2 Å². The molecule has 1 heterocycles. The summed E-state index contributed by atoms with van der Waals surface area (Å²) in [5.41, 5.74) is 3.53. The Labute approximate surface area is 173 Å². The highest BCUT2D eigenvalue weighted by atomic mass is 16.5. The molecule has 0 N–H and O–H groups in total. The second-order valence-electron chi connectivity index (χ2n) is 6.90. The molecule has 0 aliphatic heterocycles. The average Bonchev–Trinajstić information content (AvgIpc) is 2.75. The van der Waals surface area contributed by atoms with Crippen LogP contribution in [0.15, 0.2) is 82.2 Å². The summed E-state index contributed by atoms with van der Waals surface area (Å²) >= 11 is 0. The Hall–Kier alpha value is -3.86. The third-order valence-electron chi connectivity index (χ3n) is 4.71. The number of carboxylic acids is 1. The van der Waals surface area contributed by atoms with Crippen molar-refractivity contribution in [3.05, 3.63) is 89.3 Å². The summed E-state index contributed by atoms with van der Waals surface area (Å²) in [6.45, 7) is 4.52. The summed E-state index contributed by atoms with van der Waals surface area (Å²) in [5.74, 6) is 0.206. The summed E-state index contributed by atoms with van der Waals surface area (Å²) < 4.78 is 11.8. The van der Waals surface area contributed by atoms with Crippen LogP contribution >= 0.6 is 0 Å². The van der Waals surface area contributed by atoms with Gasteiger partial charge in [-0.05, 0) is 49.7 Å². The maximum absolute atomic E-state index is 11.0. The van der Waals surface area contributed by atoms with Crippen molar-refractivity contribution in [3.8, 4) is 17.1 Å². The lowest BCUT2D eigenvalue weighted by atomic mass is 10.1. The molecule has 0 saturated carbocycles. The number of hydrogen-bond donors (Lipinski definition) is 0. The van der Waals surface area contributed by atoms with Crippen molar-refractivity contribution < 1.29 is 19.1 Å². The van der Waals surface area contributed by atoms with Crippen molar-refractivity contribution in [3.63, 3.8) is 0 Å². The fourth-order valence-electron chi connectivity index (χ4n) is 3.17. The minimum atomic E-state index is -1.21. The molecule has 0 atom stereocenters. The number of aryl methyl sites for hydroxylation is 1. The molecule has 0 radical (unpaired) electrons. The molecule has 4 rings (SSSR count). The van der Waals surface area contributed by atoms with Crippen molar-refractivity contribution in [1.82, 2.24) is 0 Å². The van der Waals surface area contributed by atoms with Gasteiger partial charge in [-0.3, -0.25) is 0 Å². The lowest BCUT2D eigenvalue weighted by molar-refractivity contribution is -0.255. The van der Waals surface area contributed by atoms with Gasteiger partial charge < -0.3 is 19.1 Å². The van der Waals surface area contributed by atoms with E-state index in [1.165, 1.54) is 17.7 Å². The van der Waals surface area contributed by atoms with E-state index in [-0.39, 0.29) is 5.56 Å². The third kappa shape index (κ3) is 4.10. The highest BCUT2D eigenvalue weighted by Gasteiger charge is 2.08. The molecule has 150 valence electrons. The molecule has 0 amide bonds. The Morgan fingerprint density at radius 3 is 2.40 bits per heavy atom. The van der Waals surface area contributed by atoms with Crippen LogP contribution in [0.25, 0.3) is 22.3 Å². The van der Waals surface area contributed by atoms with Crippen LogP contribution in [0.2, 0.25) is 0 Å². The lowest BCUT2D eigenvalue weighted by Crippen LogP contribution is -2.21. The third-order valence-corrected chi connectivity index (χ3v) is 4.71. The smallest absolute Gasteiger partial charge is 0.137 e. The van der Waals surface area contributed by atoms with E-state index in [0.717, 1.165) is 16.7 Å². The molecule has 3 aromatic carbocycles. The number of fused-ring (bicyclic) bond motifs is 1. The van der Waals surface area contributed by atoms with Crippen molar-refractivity contribution in [2.24, 2.45) is 4.99 Å². The first kappa shape index (κ1) is 19.5. The second kappa shape index (κ2) is 8.25. The zero-order valence-electron chi connectivity index (χ0n) is 16.7. The van der Waals surface area contributed by atoms with Crippen molar-refractivity contribution >= 4 is 22.6 Å². The zero-order chi connectivity index (χ0) is 21.1. The summed E-state index contributed by atoms with van der Waals surface area (Å²) in [6, 6.07) is 21.9. The maximum Gasteiger partial charge on any atom is 0.137 e. The first-order chi connectivity index (χ1) is 14.5. The van der Waals surface area contributed by atoms with Crippen molar-refractivity contribution in [2.45, 2.75) is 13.8 Å². The van der Waals surface area contributed by atoms with E-state index in [2.05, 4.69) is 0 Å². The van der Waals surface area contributed by atoms with Gasteiger partial charge >= 0.3 is 0 Å². The van der Waals surface area contributed by atoms with E-state index >= 15 is 0 Å². The minimum Gasteiger partial charge on any atom is -0.545 e. The van der Waals surface area contributed by atoms with Crippen LogP contribution in [-0.4, -0.2) is 12.6 Å². The van der Waals surface area contributed by atoms with E-state index in [4.69, 9.17) is 14.1 Å². The molecule has 4 aromatic rings. The number of nitrogens with zero attached hydrogens (tertiary/aromatic N) is 1. The first-order valence-electron chi connectivity index (χ1n) is 9.67. The molecule has 5 heteroatoms. The second-order valence-corrected chi connectivity index (χ2v) is 6.90. The number of hydrogen-bond acceptors (Lipinski definition) is 5. The van der Waals surface area contributed by atoms with E-state index in [9.17, 15) is 9.90 Å². The van der Waals surface area contributed by atoms with Crippen LogP contribution in [0, 0.1) is 6.92 Å². The molecule has 0 fully saturated rings. The highest BCUT2D eigenvalue weighted by Crippen LogP contribution is 2.26. The van der Waals surface area contributed by atoms with Crippen LogP contribution in [0.4, 0.5) is 5.69 Å². The fraction of sp³-hybridized carbons (Fsp3) is 0.120. The maximum atomic E-state index is 11.0. The Balaban J connectivity index is 1.92. The summed E-state index contributed by atoms with van der Waals surface area (Å²) in [6.07, 6.45) is 0. The molecule has 30 heavy (non-hydrogen) atoms. The molecule has 5 nitrogen and oxygen atoms in total. The van der Waals surface area contributed by atoms with Crippen LogP contribution in [0.5, 0.6) is 5.75 Å². The standard InChI is InChI=1S/C25H21NO4/c1-3-29-20-12-13-23-21(14-20)22(26-19-10-8-18(9-11-19)25(27)28)15-24(30-23)17-6-4-16(2)5-7-17/h4-15H,3H2,1-2H3,(H,27,28)/p-1. The molecule has 0 unspecified atom stereocenters. The van der Waals surface area contributed by atoms with Crippen molar-refractivity contribution in [1.29, 1.82) is 0 Å². The Kier molecular flexibility index (Phi) is 5.35. The van der Waals surface area contributed by atoms with Crippen LogP contribution in [0.1, 0.15) is 22.8 Å². The van der Waals surface area contributed by atoms with Gasteiger partial charge in [0.15, 0.2) is 0 Å². The molecule has 0 bridgehead atoms. The van der Waals surface area contributed by atoms with Gasteiger partial charge in [-0.1, -0.05) is 42.0 Å². The largest absolute Gasteiger partial charge is 0.545 e. The fourth-order valence-corrected chi connectivity index (χ4v) is 3.17. The highest BCUT2D eigenvalue weighted by molar-refractivity contribution is 5.86. The van der Waals surface area contributed by atoms with E-state index < -0.39 is 5.97 Å². The monoisotopic (exact) mass is 398 g/mol. The number of carboxylic acid groups (broad SMARTS) is 1. The quantitative estimate of drug-likeness (QED) is 0.499. The Bertz CT molecular complexity index is 1270. The lowest BCUT2D eigenvalue weighted by Gasteiger charge is -2.08. The predicted octanol–water partition coefficient (Wildman–Crippen LogP) is 4.40. The Morgan fingerprint density at radius 2 is 1.73 bits per heavy atom. The molecule has 1 aromatic heterocycles. The van der Waals surface area contributed by atoms with Crippen LogP contribution in [-0.2, 0) is 0 Å². The molecule has 0 saturated heterocycles. The number of ether oxygens (including phenoxy) is 1. The number of carbonyl (C=O) groups excluding carboxylic acids is 1. The normalized spacial score (nSPS) is 11.6. The van der Waals surface area contributed by atoms with Gasteiger partial charge in [0, 0.05) is 17.0 Å². The molecular weight excluding hydrogens is 378 g/mol. The van der Waals surface area contributed by atoms with Gasteiger partial charge in [0.25, 0.3) is 0 Å². The average molecular weight is 398 g/mol. The van der Waals surface area contributed by atoms with Gasteiger partial charge in [0.1, 0.15) is 17.1 Å². The molecule has 0 spiro atoms. The zero-order valence-corrected chi connectivity index (χ0v) is 16.7. The SMILES string of the molecule is CCOc1ccc2oc(-c3ccc(C)cc3)cc(=Nc3ccc(C(=O)[O-])cc3)c2c1. The van der Waals surface area contributed by atoms with E-state index in [1.54, 1.807) is 12.1 Å². The summed E-state index contributed by atoms with van der Waals surface area (Å²) in [4.78, 5) is 15.7. The van der Waals surface area contributed by atoms with E-state index in [1.807, 2.05) is 62.4 Å². The van der Waals surface area contributed by atoms with Gasteiger partial charge in [-0.2, -0.15) is 0 Å². The number of rotatable bonds is 5. The first-order valence-corrected chi connectivity index (χ1v) is 9.67. The number of benzene rings is 3. The molecule has 0 aliphatic rings. The van der Waals surface area contributed by atoms with Crippen LogP contribution in [0.3, 0.4) is 0 Å². The Morgan fingerprint density at radius 1 is 1.00 bits per heavy atom.